The Labute approximate surface area is 133 Å². The lowest BCUT2D eigenvalue weighted by Crippen LogP contribution is -2.27. The molecule has 0 aliphatic heterocycles. The first-order chi connectivity index (χ1) is 11.2. The van der Waals surface area contributed by atoms with Gasteiger partial charge in [-0.15, -0.1) is 0 Å². The highest BCUT2D eigenvalue weighted by atomic mass is 16.5. The zero-order valence-electron chi connectivity index (χ0n) is 14.0. The van der Waals surface area contributed by atoms with Gasteiger partial charge < -0.3 is 4.74 Å². The van der Waals surface area contributed by atoms with Crippen molar-refractivity contribution in [2.45, 2.75) is 44.4 Å². The molecule has 2 aliphatic rings. The fraction of sp³-hybridized carbons (Fsp3) is 0.474. The third-order valence-corrected chi connectivity index (χ3v) is 5.32. The minimum atomic E-state index is -0.0680. The molecule has 0 radical (unpaired) electrons. The number of nitrogens with zero attached hydrogens (tertiary/aromatic N) is 2. The standard InChI is InChI=1S/C19H22N2O/c1-22-18-13-20-17(12-21-18)14-6-8-19(9-7-14)10-15-4-2-3-5-16(15)11-19/h2-5,12-14H,6-11H2,1H3/i10D. The number of hydrogen-bond donors (Lipinski definition) is 0. The lowest BCUT2D eigenvalue weighted by molar-refractivity contribution is 0.185. The predicted molar refractivity (Wildman–Crippen MR) is 86.1 cm³/mol. The van der Waals surface area contributed by atoms with Crippen molar-refractivity contribution in [1.82, 2.24) is 9.97 Å². The van der Waals surface area contributed by atoms with Crippen molar-refractivity contribution in [1.29, 1.82) is 0 Å². The van der Waals surface area contributed by atoms with Crippen LogP contribution in [-0.2, 0) is 12.8 Å². The molecule has 0 saturated heterocycles. The molecule has 4 rings (SSSR count). The topological polar surface area (TPSA) is 35.0 Å². The molecule has 1 aromatic carbocycles. The van der Waals surface area contributed by atoms with E-state index in [9.17, 15) is 0 Å². The Morgan fingerprint density at radius 3 is 2.55 bits per heavy atom. The molecule has 0 amide bonds. The van der Waals surface area contributed by atoms with E-state index in [2.05, 4.69) is 34.2 Å². The molecule has 1 saturated carbocycles. The second-order valence-electron chi connectivity index (χ2n) is 6.64. The third-order valence-electron chi connectivity index (χ3n) is 5.32. The number of methoxy groups -OCH3 is 1. The number of hydrogen-bond acceptors (Lipinski definition) is 3. The molecular formula is C19H22N2O. The van der Waals surface area contributed by atoms with Gasteiger partial charge in [-0.1, -0.05) is 24.3 Å². The van der Waals surface area contributed by atoms with Crippen molar-refractivity contribution in [2.75, 3.05) is 7.11 Å². The molecule has 1 fully saturated rings. The van der Waals surface area contributed by atoms with E-state index in [1.165, 1.54) is 11.1 Å². The van der Waals surface area contributed by atoms with E-state index in [1.54, 1.807) is 13.3 Å². The minimum absolute atomic E-state index is 0.0680. The largest absolute Gasteiger partial charge is 0.480 e. The van der Waals surface area contributed by atoms with Gasteiger partial charge in [0.25, 0.3) is 0 Å². The minimum Gasteiger partial charge on any atom is -0.480 e. The van der Waals surface area contributed by atoms with E-state index in [0.717, 1.165) is 37.8 Å². The summed E-state index contributed by atoms with van der Waals surface area (Å²) in [6, 6.07) is 8.51. The maximum atomic E-state index is 8.74. The van der Waals surface area contributed by atoms with E-state index < -0.39 is 0 Å². The average molecular weight is 295 g/mol. The van der Waals surface area contributed by atoms with Crippen LogP contribution < -0.4 is 4.74 Å². The molecule has 1 aromatic heterocycles. The Morgan fingerprint density at radius 2 is 1.91 bits per heavy atom. The summed E-state index contributed by atoms with van der Waals surface area (Å²) in [5.74, 6) is 1.04. The number of fused-ring (bicyclic) bond motifs is 1. The van der Waals surface area contributed by atoms with Gasteiger partial charge in [-0.3, -0.25) is 4.98 Å². The van der Waals surface area contributed by atoms with Crippen molar-refractivity contribution in [3.05, 3.63) is 53.5 Å². The molecular weight excluding hydrogens is 272 g/mol. The summed E-state index contributed by atoms with van der Waals surface area (Å²) in [6.45, 7) is 0. The molecule has 3 nitrogen and oxygen atoms in total. The molecule has 2 aromatic rings. The number of rotatable bonds is 2. The average Bonchev–Trinajstić information content (AvgIpc) is 2.88. The van der Waals surface area contributed by atoms with E-state index in [0.29, 0.717) is 11.8 Å². The van der Waals surface area contributed by atoms with Crippen molar-refractivity contribution < 1.29 is 6.11 Å². The Balaban J connectivity index is 1.49. The molecule has 0 N–H and O–H groups in total. The summed E-state index contributed by atoms with van der Waals surface area (Å²) in [7, 11) is 1.61. The second kappa shape index (κ2) is 5.38. The lowest BCUT2D eigenvalue weighted by atomic mass is 9.68. The Kier molecular flexibility index (Phi) is 3.09. The Morgan fingerprint density at radius 1 is 1.14 bits per heavy atom. The molecule has 0 bridgehead atoms. The van der Waals surface area contributed by atoms with Crippen LogP contribution in [0.4, 0.5) is 0 Å². The Bertz CT molecular complexity index is 693. The SMILES string of the molecule is [2H]C1c2ccccc2CC12CCC(c1cnc(OC)cn1)CC2. The molecule has 22 heavy (non-hydrogen) atoms. The van der Waals surface area contributed by atoms with Gasteiger partial charge in [-0.05, 0) is 55.0 Å². The highest BCUT2D eigenvalue weighted by molar-refractivity contribution is 5.34. The molecule has 1 unspecified atom stereocenters. The van der Waals surface area contributed by atoms with E-state index in [1.807, 2.05) is 6.20 Å². The lowest BCUT2D eigenvalue weighted by Gasteiger charge is -2.37. The maximum Gasteiger partial charge on any atom is 0.231 e. The maximum absolute atomic E-state index is 8.74. The third kappa shape index (κ3) is 2.39. The fourth-order valence-electron chi connectivity index (χ4n) is 4.05. The van der Waals surface area contributed by atoms with Gasteiger partial charge in [0.05, 0.1) is 25.2 Å². The monoisotopic (exact) mass is 295 g/mol. The molecule has 114 valence electrons. The summed E-state index contributed by atoms with van der Waals surface area (Å²) in [5.41, 5.74) is 3.84. The zero-order chi connectivity index (χ0) is 15.9. The van der Waals surface area contributed by atoms with Crippen LogP contribution in [0.3, 0.4) is 0 Å². The summed E-state index contributed by atoms with van der Waals surface area (Å²) in [4.78, 5) is 8.80. The number of aromatic nitrogens is 2. The van der Waals surface area contributed by atoms with Gasteiger partial charge in [0.1, 0.15) is 0 Å². The molecule has 3 heteroatoms. The van der Waals surface area contributed by atoms with E-state index in [-0.39, 0.29) is 11.8 Å². The van der Waals surface area contributed by atoms with Gasteiger partial charge in [0.15, 0.2) is 0 Å². The van der Waals surface area contributed by atoms with Crippen molar-refractivity contribution in [2.24, 2.45) is 5.41 Å². The van der Waals surface area contributed by atoms with Crippen molar-refractivity contribution in [3.63, 3.8) is 0 Å². The number of benzene rings is 1. The first-order valence-electron chi connectivity index (χ1n) is 8.65. The van der Waals surface area contributed by atoms with Gasteiger partial charge in [-0.2, -0.15) is 0 Å². The van der Waals surface area contributed by atoms with Crippen LogP contribution in [0.25, 0.3) is 0 Å². The molecule has 1 atom stereocenters. The normalized spacial score (nSPS) is 30.9. The molecule has 1 heterocycles. The van der Waals surface area contributed by atoms with Crippen molar-refractivity contribution in [3.8, 4) is 5.88 Å². The van der Waals surface area contributed by atoms with Crippen LogP contribution in [0.1, 0.15) is 49.8 Å². The van der Waals surface area contributed by atoms with E-state index in [4.69, 9.17) is 6.11 Å². The summed E-state index contributed by atoms with van der Waals surface area (Å²) < 4.78 is 13.8. The van der Waals surface area contributed by atoms with Crippen LogP contribution in [-0.4, -0.2) is 17.1 Å². The van der Waals surface area contributed by atoms with Gasteiger partial charge in [0, 0.05) is 7.29 Å². The van der Waals surface area contributed by atoms with E-state index >= 15 is 0 Å². The summed E-state index contributed by atoms with van der Waals surface area (Å²) in [5, 5.41) is 0. The zero-order valence-corrected chi connectivity index (χ0v) is 13.0. The summed E-state index contributed by atoms with van der Waals surface area (Å²) in [6.07, 6.45) is 8.97. The van der Waals surface area contributed by atoms with Crippen LogP contribution >= 0.6 is 0 Å². The first kappa shape index (κ1) is 12.6. The van der Waals surface area contributed by atoms with Crippen LogP contribution in [0.2, 0.25) is 0 Å². The highest BCUT2D eigenvalue weighted by Gasteiger charge is 2.40. The smallest absolute Gasteiger partial charge is 0.231 e. The quantitative estimate of drug-likeness (QED) is 0.842. The molecule has 2 aliphatic carbocycles. The molecule has 1 spiro atoms. The number of ether oxygens (including phenoxy) is 1. The van der Waals surface area contributed by atoms with Gasteiger partial charge >= 0.3 is 0 Å². The first-order valence-corrected chi connectivity index (χ1v) is 8.08. The fourth-order valence-corrected chi connectivity index (χ4v) is 4.05. The summed E-state index contributed by atoms with van der Waals surface area (Å²) >= 11 is 0. The van der Waals surface area contributed by atoms with Crippen LogP contribution in [0.5, 0.6) is 5.88 Å². The Hall–Kier alpha value is -1.90. The van der Waals surface area contributed by atoms with Crippen molar-refractivity contribution >= 4 is 0 Å². The van der Waals surface area contributed by atoms with Crippen LogP contribution in [0, 0.1) is 5.41 Å². The predicted octanol–water partition coefficient (Wildman–Crippen LogP) is 3.93. The highest BCUT2D eigenvalue weighted by Crippen LogP contribution is 2.50. The van der Waals surface area contributed by atoms with Crippen LogP contribution in [0.15, 0.2) is 36.7 Å². The van der Waals surface area contributed by atoms with Gasteiger partial charge in [0.2, 0.25) is 5.88 Å². The van der Waals surface area contributed by atoms with Gasteiger partial charge in [-0.25, -0.2) is 4.98 Å². The second-order valence-corrected chi connectivity index (χ2v) is 6.64.